The van der Waals surface area contributed by atoms with Gasteiger partial charge in [-0.1, -0.05) is 6.92 Å². The summed E-state index contributed by atoms with van der Waals surface area (Å²) in [5, 5.41) is 4.79. The van der Waals surface area contributed by atoms with Crippen molar-refractivity contribution in [2.45, 2.75) is 39.2 Å². The molecule has 2 atom stereocenters. The van der Waals surface area contributed by atoms with Crippen LogP contribution in [-0.2, 0) is 4.74 Å². The molecule has 19 heavy (non-hydrogen) atoms. The van der Waals surface area contributed by atoms with Gasteiger partial charge >= 0.3 is 5.97 Å². The largest absolute Gasteiger partial charge is 0.461 e. The van der Waals surface area contributed by atoms with Crippen LogP contribution < -0.4 is 5.32 Å². The Morgan fingerprint density at radius 3 is 2.95 bits per heavy atom. The molecule has 1 N–H and O–H groups in total. The van der Waals surface area contributed by atoms with E-state index < -0.39 is 5.97 Å². The molecule has 1 saturated carbocycles. The molecular weight excluding hydrogens is 264 g/mol. The van der Waals surface area contributed by atoms with E-state index >= 15 is 0 Å². The summed E-state index contributed by atoms with van der Waals surface area (Å²) in [5.41, 5.74) is 0.299. The van der Waals surface area contributed by atoms with Crippen LogP contribution in [0.15, 0.2) is 5.38 Å². The van der Waals surface area contributed by atoms with Gasteiger partial charge in [0.15, 0.2) is 0 Å². The van der Waals surface area contributed by atoms with Gasteiger partial charge < -0.3 is 10.1 Å². The molecule has 2 unspecified atom stereocenters. The maximum absolute atomic E-state index is 12.0. The Morgan fingerprint density at radius 1 is 1.53 bits per heavy atom. The molecule has 1 aliphatic carbocycles. The maximum atomic E-state index is 12.0. The van der Waals surface area contributed by atoms with Crippen LogP contribution in [-0.4, -0.2) is 29.5 Å². The molecule has 1 heterocycles. The van der Waals surface area contributed by atoms with Crippen LogP contribution in [0.5, 0.6) is 0 Å². The molecular formula is C13H18N2O3S. The lowest BCUT2D eigenvalue weighted by atomic mass is 10.1. The van der Waals surface area contributed by atoms with Gasteiger partial charge in [0, 0.05) is 11.4 Å². The number of aromatic nitrogens is 1. The van der Waals surface area contributed by atoms with Crippen LogP contribution >= 0.6 is 11.3 Å². The summed E-state index contributed by atoms with van der Waals surface area (Å²) in [6.45, 7) is 4.23. The highest BCUT2D eigenvalue weighted by Gasteiger charge is 2.24. The number of esters is 1. The maximum Gasteiger partial charge on any atom is 0.367 e. The molecule has 1 amide bonds. The van der Waals surface area contributed by atoms with Crippen LogP contribution in [0, 0.1) is 5.92 Å². The smallest absolute Gasteiger partial charge is 0.367 e. The summed E-state index contributed by atoms with van der Waals surface area (Å²) in [5.74, 6) is -0.0113. The number of hydrogen-bond donors (Lipinski definition) is 1. The van der Waals surface area contributed by atoms with Gasteiger partial charge in [0.05, 0.1) is 6.61 Å². The summed E-state index contributed by atoms with van der Waals surface area (Å²) in [7, 11) is 0. The minimum atomic E-state index is -0.471. The van der Waals surface area contributed by atoms with Crippen molar-refractivity contribution >= 4 is 23.2 Å². The third-order valence-electron chi connectivity index (χ3n) is 3.22. The SMILES string of the molecule is CCOC(=O)c1nc(C(=O)NC2CCC(C)C2)cs1. The molecule has 0 radical (unpaired) electrons. The van der Waals surface area contributed by atoms with Crippen molar-refractivity contribution in [3.63, 3.8) is 0 Å². The topological polar surface area (TPSA) is 68.3 Å². The number of ether oxygens (including phenoxy) is 1. The van der Waals surface area contributed by atoms with Gasteiger partial charge in [-0.05, 0) is 32.1 Å². The van der Waals surface area contributed by atoms with Gasteiger partial charge in [0.25, 0.3) is 5.91 Å². The van der Waals surface area contributed by atoms with Crippen molar-refractivity contribution < 1.29 is 14.3 Å². The molecule has 0 saturated heterocycles. The van der Waals surface area contributed by atoms with E-state index in [1.807, 2.05) is 0 Å². The van der Waals surface area contributed by atoms with E-state index in [2.05, 4.69) is 17.2 Å². The molecule has 0 bridgehead atoms. The number of carbonyl (C=O) groups excluding carboxylic acids is 2. The van der Waals surface area contributed by atoms with Crippen molar-refractivity contribution in [3.8, 4) is 0 Å². The molecule has 2 rings (SSSR count). The lowest BCUT2D eigenvalue weighted by Gasteiger charge is -2.10. The first kappa shape index (κ1) is 14.0. The zero-order valence-electron chi connectivity index (χ0n) is 11.1. The summed E-state index contributed by atoms with van der Waals surface area (Å²) < 4.78 is 4.85. The van der Waals surface area contributed by atoms with Crippen LogP contribution in [0.1, 0.15) is 53.4 Å². The second-order valence-corrected chi connectivity index (χ2v) is 5.71. The van der Waals surface area contributed by atoms with Gasteiger partial charge in [-0.3, -0.25) is 4.79 Å². The van der Waals surface area contributed by atoms with E-state index in [9.17, 15) is 9.59 Å². The quantitative estimate of drug-likeness (QED) is 0.860. The average molecular weight is 282 g/mol. The number of rotatable bonds is 4. The molecule has 5 nitrogen and oxygen atoms in total. The Labute approximate surface area is 116 Å². The lowest BCUT2D eigenvalue weighted by Crippen LogP contribution is -2.33. The van der Waals surface area contributed by atoms with E-state index in [1.54, 1.807) is 12.3 Å². The minimum Gasteiger partial charge on any atom is -0.461 e. The van der Waals surface area contributed by atoms with Crippen LogP contribution in [0.25, 0.3) is 0 Å². The molecule has 1 aliphatic rings. The molecule has 104 valence electrons. The summed E-state index contributed by atoms with van der Waals surface area (Å²) >= 11 is 1.14. The molecule has 0 spiro atoms. The lowest BCUT2D eigenvalue weighted by molar-refractivity contribution is 0.0526. The van der Waals surface area contributed by atoms with Crippen LogP contribution in [0.2, 0.25) is 0 Å². The highest BCUT2D eigenvalue weighted by atomic mass is 32.1. The number of amides is 1. The average Bonchev–Trinajstić information content (AvgIpc) is 2.98. The van der Waals surface area contributed by atoms with Crippen molar-refractivity contribution in [3.05, 3.63) is 16.1 Å². The fourth-order valence-electron chi connectivity index (χ4n) is 2.26. The fraction of sp³-hybridized carbons (Fsp3) is 0.615. The second-order valence-electron chi connectivity index (χ2n) is 4.85. The monoisotopic (exact) mass is 282 g/mol. The first-order valence-electron chi connectivity index (χ1n) is 6.53. The second kappa shape index (κ2) is 6.14. The minimum absolute atomic E-state index is 0.203. The van der Waals surface area contributed by atoms with E-state index in [0.29, 0.717) is 18.2 Å². The zero-order chi connectivity index (χ0) is 13.8. The molecule has 0 aliphatic heterocycles. The standard InChI is InChI=1S/C13H18N2O3S/c1-3-18-13(17)12-15-10(7-19-12)11(16)14-9-5-4-8(2)6-9/h7-9H,3-6H2,1-2H3,(H,14,16). The fourth-order valence-corrected chi connectivity index (χ4v) is 2.95. The van der Waals surface area contributed by atoms with E-state index in [1.165, 1.54) is 0 Å². The first-order chi connectivity index (χ1) is 9.10. The number of hydrogen-bond acceptors (Lipinski definition) is 5. The number of thiazole rings is 1. The summed E-state index contributed by atoms with van der Waals surface area (Å²) in [6, 6.07) is 0.232. The van der Waals surface area contributed by atoms with Crippen molar-refractivity contribution in [1.29, 1.82) is 0 Å². The van der Waals surface area contributed by atoms with Gasteiger partial charge in [-0.25, -0.2) is 9.78 Å². The third-order valence-corrected chi connectivity index (χ3v) is 4.04. The molecule has 1 fully saturated rings. The van der Waals surface area contributed by atoms with E-state index in [0.717, 1.165) is 30.6 Å². The molecule has 1 aromatic rings. The molecule has 0 aromatic carbocycles. The predicted molar refractivity (Wildman–Crippen MR) is 72.3 cm³/mol. The van der Waals surface area contributed by atoms with E-state index in [-0.39, 0.29) is 17.0 Å². The van der Waals surface area contributed by atoms with Crippen LogP contribution in [0.3, 0.4) is 0 Å². The third kappa shape index (κ3) is 3.53. The number of nitrogens with zero attached hydrogens (tertiary/aromatic N) is 1. The Morgan fingerprint density at radius 2 is 2.32 bits per heavy atom. The molecule has 6 heteroatoms. The van der Waals surface area contributed by atoms with Gasteiger partial charge in [-0.2, -0.15) is 0 Å². The Balaban J connectivity index is 1.94. The Hall–Kier alpha value is -1.43. The Bertz CT molecular complexity index is 472. The summed E-state index contributed by atoms with van der Waals surface area (Å²) in [4.78, 5) is 27.5. The number of carbonyl (C=O) groups is 2. The van der Waals surface area contributed by atoms with E-state index in [4.69, 9.17) is 4.74 Å². The van der Waals surface area contributed by atoms with Gasteiger partial charge in [-0.15, -0.1) is 11.3 Å². The van der Waals surface area contributed by atoms with Crippen molar-refractivity contribution in [1.82, 2.24) is 10.3 Å². The van der Waals surface area contributed by atoms with Crippen molar-refractivity contribution in [2.24, 2.45) is 5.92 Å². The van der Waals surface area contributed by atoms with Gasteiger partial charge in [0.2, 0.25) is 5.01 Å². The Kier molecular flexibility index (Phi) is 4.52. The van der Waals surface area contributed by atoms with Gasteiger partial charge in [0.1, 0.15) is 5.69 Å². The van der Waals surface area contributed by atoms with Crippen LogP contribution in [0.4, 0.5) is 0 Å². The zero-order valence-corrected chi connectivity index (χ0v) is 12.0. The highest BCUT2D eigenvalue weighted by Crippen LogP contribution is 2.24. The first-order valence-corrected chi connectivity index (χ1v) is 7.41. The molecule has 1 aromatic heterocycles. The number of nitrogens with one attached hydrogen (secondary N) is 1. The summed E-state index contributed by atoms with van der Waals surface area (Å²) in [6.07, 6.45) is 3.18. The highest BCUT2D eigenvalue weighted by molar-refractivity contribution is 7.11. The normalized spacial score (nSPS) is 22.2. The predicted octanol–water partition coefficient (Wildman–Crippen LogP) is 2.24. The van der Waals surface area contributed by atoms with Crippen molar-refractivity contribution in [2.75, 3.05) is 6.61 Å².